The van der Waals surface area contributed by atoms with Gasteiger partial charge in [-0.3, -0.25) is 4.79 Å². The van der Waals surface area contributed by atoms with Crippen LogP contribution in [0.15, 0.2) is 54.6 Å². The van der Waals surface area contributed by atoms with Crippen molar-refractivity contribution in [3.63, 3.8) is 0 Å². The summed E-state index contributed by atoms with van der Waals surface area (Å²) < 4.78 is 11.3. The average Bonchev–Trinajstić information content (AvgIpc) is 2.91. The molecular weight excluding hydrogens is 486 g/mol. The number of ether oxygens (including phenoxy) is 2. The molecule has 0 aromatic heterocycles. The molecule has 0 spiro atoms. The third-order valence-electron chi connectivity index (χ3n) is 6.23. The summed E-state index contributed by atoms with van der Waals surface area (Å²) in [6.45, 7) is 4.58. The zero-order valence-corrected chi connectivity index (χ0v) is 22.1. The van der Waals surface area contributed by atoms with E-state index < -0.39 is 24.2 Å². The number of carbonyl (C=O) groups is 2. The first-order valence-corrected chi connectivity index (χ1v) is 13.1. The maximum Gasteiger partial charge on any atom is 0.546 e. The van der Waals surface area contributed by atoms with Crippen LogP contribution in [0.4, 0.5) is 0 Å². The molecule has 0 saturated heterocycles. The van der Waals surface area contributed by atoms with Crippen molar-refractivity contribution in [2.75, 3.05) is 6.61 Å². The molecule has 38 heavy (non-hydrogen) atoms. The number of hydrogen-bond acceptors (Lipinski definition) is 4. The van der Waals surface area contributed by atoms with E-state index in [2.05, 4.69) is 15.3 Å². The van der Waals surface area contributed by atoms with Crippen LogP contribution in [0.1, 0.15) is 50.7 Å². The molecule has 0 aliphatic carbocycles. The molecule has 0 fully saturated rings. The van der Waals surface area contributed by atoms with Gasteiger partial charge >= 0.3 is 12.0 Å². The quantitative estimate of drug-likeness (QED) is 0.212. The Morgan fingerprint density at radius 2 is 1.92 bits per heavy atom. The molecule has 9 nitrogen and oxygen atoms in total. The molecule has 0 unspecified atom stereocenters. The Morgan fingerprint density at radius 1 is 1.18 bits per heavy atom. The van der Waals surface area contributed by atoms with Gasteiger partial charge in [0.1, 0.15) is 18.6 Å². The molecule has 0 radical (unpaired) electrons. The molecule has 2 bridgehead atoms. The lowest BCUT2D eigenvalue weighted by atomic mass is 10.0. The zero-order chi connectivity index (χ0) is 27.3. The normalized spacial score (nSPS) is 21.7. The first kappa shape index (κ1) is 28.7. The summed E-state index contributed by atoms with van der Waals surface area (Å²) >= 11 is 0. The van der Waals surface area contributed by atoms with Crippen LogP contribution in [0.5, 0.6) is 5.75 Å². The van der Waals surface area contributed by atoms with Gasteiger partial charge in [-0.25, -0.2) is 0 Å². The van der Waals surface area contributed by atoms with Crippen molar-refractivity contribution in [2.24, 2.45) is 5.92 Å². The number of fused-ring (bicyclic) bond motifs is 13. The lowest BCUT2D eigenvalue weighted by Crippen LogP contribution is -2.93. The minimum atomic E-state index is -0.822. The minimum absolute atomic E-state index is 0.137. The first-order valence-electron chi connectivity index (χ1n) is 13.1. The van der Waals surface area contributed by atoms with Gasteiger partial charge in [0.05, 0.1) is 12.6 Å². The van der Waals surface area contributed by atoms with E-state index in [4.69, 9.17) is 9.47 Å². The highest BCUT2D eigenvalue weighted by atomic mass is 16.6. The Hall–Kier alpha value is -3.88. The molecule has 204 valence electrons. The number of carbonyl (C=O) groups excluding carboxylic acids is 2. The highest BCUT2D eigenvalue weighted by Crippen LogP contribution is 2.14. The van der Waals surface area contributed by atoms with Crippen molar-refractivity contribution >= 4 is 24.2 Å². The number of benzene rings is 2. The van der Waals surface area contributed by atoms with Crippen LogP contribution in [0, 0.1) is 5.92 Å². The molecular formula is C29H39N3O6+2. The molecule has 3 atom stereocenters. The van der Waals surface area contributed by atoms with Gasteiger partial charge in [0, 0.05) is 12.8 Å². The molecule has 4 rings (SSSR count). The van der Waals surface area contributed by atoms with Gasteiger partial charge in [-0.15, -0.1) is 0 Å². The van der Waals surface area contributed by atoms with E-state index in [-0.39, 0.29) is 30.8 Å². The Bertz CT molecular complexity index is 1090. The standard InChI is InChI=1S/C29H37N3O6/c1-20(2)16-25-27(34)30-23(18-33)10-6-7-15-37-24-13-11-21(12-14-24)17-26(28(35)31-25)32-29(36)38-19-22-8-4-3-5-9-22/h3-5,8-9,11-14,18,20,23,25-26H,6-7,10,15-17,19H2,1-2H3,(H,30,34)(H,31,35)(H,32,36)/p+2/t23-,25-,26-/m0/s1. The summed E-state index contributed by atoms with van der Waals surface area (Å²) in [4.78, 5) is 30.5. The van der Waals surface area contributed by atoms with Gasteiger partial charge in [-0.05, 0) is 48.4 Å². The number of rotatable bonds is 6. The lowest BCUT2D eigenvalue weighted by molar-refractivity contribution is -0.545. The number of nitrogens with one attached hydrogen (secondary N) is 3. The van der Waals surface area contributed by atoms with Gasteiger partial charge in [0.2, 0.25) is 6.04 Å². The van der Waals surface area contributed by atoms with E-state index in [1.807, 2.05) is 68.4 Å². The highest BCUT2D eigenvalue weighted by molar-refractivity contribution is 5.84. The molecule has 9 heteroatoms. The summed E-state index contributed by atoms with van der Waals surface area (Å²) in [6, 6.07) is 14.6. The second kappa shape index (κ2) is 14.8. The highest BCUT2D eigenvalue weighted by Gasteiger charge is 2.33. The third kappa shape index (κ3) is 9.53. The Balaban J connectivity index is 1.91. The second-order valence-electron chi connectivity index (χ2n) is 9.93. The maximum atomic E-state index is 13.1. The molecule has 2 aliphatic heterocycles. The SMILES string of the molecule is CC(C)C[C@@H]1[NH+]=C(O)[C@@H]([NH+]=C(O)OCc2ccccc2)Cc2ccc(cc2)OCCCC[C@@H](C=O)NC1=O. The van der Waals surface area contributed by atoms with E-state index in [1.54, 1.807) is 0 Å². The zero-order valence-electron chi connectivity index (χ0n) is 22.1. The molecule has 2 heterocycles. The number of aldehydes is 1. The fraction of sp³-hybridized carbons (Fsp3) is 0.448. The number of hydrogen-bond donors (Lipinski definition) is 5. The van der Waals surface area contributed by atoms with Crippen molar-refractivity contribution in [2.45, 2.75) is 70.7 Å². The largest absolute Gasteiger partial charge is 0.546 e. The fourth-order valence-corrected chi connectivity index (χ4v) is 4.19. The molecule has 2 aromatic carbocycles. The van der Waals surface area contributed by atoms with Crippen LogP contribution < -0.4 is 20.0 Å². The molecule has 2 aliphatic rings. The van der Waals surface area contributed by atoms with Gasteiger partial charge in [-0.1, -0.05) is 56.3 Å². The first-order chi connectivity index (χ1) is 18.3. The van der Waals surface area contributed by atoms with Gasteiger partial charge in [0.15, 0.2) is 0 Å². The Kier molecular flexibility index (Phi) is 11.1. The lowest BCUT2D eigenvalue weighted by Gasteiger charge is -2.16. The van der Waals surface area contributed by atoms with Crippen LogP contribution in [0.25, 0.3) is 0 Å². The fourth-order valence-electron chi connectivity index (χ4n) is 4.19. The maximum absolute atomic E-state index is 13.1. The average molecular weight is 526 g/mol. The van der Waals surface area contributed by atoms with Crippen LogP contribution in [-0.4, -0.2) is 59.1 Å². The topological polar surface area (TPSA) is 133 Å². The van der Waals surface area contributed by atoms with Crippen molar-refractivity contribution in [1.82, 2.24) is 5.32 Å². The van der Waals surface area contributed by atoms with Crippen molar-refractivity contribution in [3.8, 4) is 5.75 Å². The van der Waals surface area contributed by atoms with E-state index >= 15 is 0 Å². The van der Waals surface area contributed by atoms with E-state index in [9.17, 15) is 19.8 Å². The molecule has 5 N–H and O–H groups in total. The molecule has 0 saturated carbocycles. The number of amides is 1. The summed E-state index contributed by atoms with van der Waals surface area (Å²) in [5.74, 6) is 0.249. The van der Waals surface area contributed by atoms with Crippen LogP contribution >= 0.6 is 0 Å². The van der Waals surface area contributed by atoms with Crippen molar-refractivity contribution in [3.05, 3.63) is 65.7 Å². The van der Waals surface area contributed by atoms with E-state index in [0.717, 1.165) is 23.8 Å². The minimum Gasteiger partial charge on any atom is -0.494 e. The Morgan fingerprint density at radius 3 is 2.61 bits per heavy atom. The summed E-state index contributed by atoms with van der Waals surface area (Å²) in [5.41, 5.74) is 1.74. The van der Waals surface area contributed by atoms with Gasteiger partial charge in [0.25, 0.3) is 11.9 Å². The van der Waals surface area contributed by atoms with Crippen molar-refractivity contribution < 1.29 is 39.3 Å². The van der Waals surface area contributed by atoms with Crippen LogP contribution in [-0.2, 0) is 27.4 Å². The van der Waals surface area contributed by atoms with Gasteiger partial charge in [-0.2, -0.15) is 9.98 Å². The third-order valence-corrected chi connectivity index (χ3v) is 6.23. The predicted molar refractivity (Wildman–Crippen MR) is 143 cm³/mol. The van der Waals surface area contributed by atoms with E-state index in [0.29, 0.717) is 31.6 Å². The van der Waals surface area contributed by atoms with Gasteiger partial charge < -0.3 is 29.8 Å². The molecule has 2 aromatic rings. The predicted octanol–water partition coefficient (Wildman–Crippen LogP) is 0.507. The van der Waals surface area contributed by atoms with E-state index in [1.165, 1.54) is 0 Å². The molecule has 1 amide bonds. The number of aliphatic hydroxyl groups is 2. The van der Waals surface area contributed by atoms with Crippen molar-refractivity contribution in [1.29, 1.82) is 0 Å². The monoisotopic (exact) mass is 525 g/mol. The second-order valence-corrected chi connectivity index (χ2v) is 9.93. The number of aliphatic hydroxyl groups excluding tert-OH is 2. The Labute approximate surface area is 223 Å². The summed E-state index contributed by atoms with van der Waals surface area (Å²) in [7, 11) is 0. The summed E-state index contributed by atoms with van der Waals surface area (Å²) in [6.07, 6.45) is 2.95. The smallest absolute Gasteiger partial charge is 0.494 e. The van der Waals surface area contributed by atoms with Crippen LogP contribution in [0.3, 0.4) is 0 Å². The van der Waals surface area contributed by atoms with Crippen LogP contribution in [0.2, 0.25) is 0 Å². The summed E-state index contributed by atoms with van der Waals surface area (Å²) in [5, 5.41) is 24.4.